The first kappa shape index (κ1) is 13.3. The highest BCUT2D eigenvalue weighted by atomic mass is 16.3. The third-order valence-electron chi connectivity index (χ3n) is 3.59. The van der Waals surface area contributed by atoms with Crippen LogP contribution >= 0.6 is 0 Å². The number of aliphatic hydroxyl groups excluding tert-OH is 1. The van der Waals surface area contributed by atoms with E-state index in [9.17, 15) is 5.11 Å². The number of hydrogen-bond acceptors (Lipinski definition) is 3. The molecule has 0 fully saturated rings. The molecule has 0 saturated heterocycles. The lowest BCUT2D eigenvalue weighted by molar-refractivity contribution is 0.112. The number of hydrogen-bond donors (Lipinski definition) is 2. The van der Waals surface area contributed by atoms with E-state index in [1.165, 1.54) is 5.56 Å². The number of furan rings is 1. The van der Waals surface area contributed by atoms with E-state index in [2.05, 4.69) is 19.2 Å². The van der Waals surface area contributed by atoms with E-state index in [0.29, 0.717) is 0 Å². The van der Waals surface area contributed by atoms with Crippen LogP contribution in [0.25, 0.3) is 0 Å². The van der Waals surface area contributed by atoms with Crippen LogP contribution in [0.2, 0.25) is 0 Å². The van der Waals surface area contributed by atoms with Crippen LogP contribution in [-0.4, -0.2) is 18.3 Å². The van der Waals surface area contributed by atoms with Gasteiger partial charge in [-0.1, -0.05) is 13.8 Å². The lowest BCUT2D eigenvalue weighted by Gasteiger charge is -2.29. The highest BCUT2D eigenvalue weighted by Crippen LogP contribution is 2.24. The summed E-state index contributed by atoms with van der Waals surface area (Å²) >= 11 is 0. The Hall–Kier alpha value is -0.800. The number of rotatable bonds is 7. The maximum absolute atomic E-state index is 9.42. The molecule has 3 nitrogen and oxygen atoms in total. The summed E-state index contributed by atoms with van der Waals surface area (Å²) in [6.07, 6.45) is 3.69. The van der Waals surface area contributed by atoms with Crippen LogP contribution < -0.4 is 5.32 Å². The van der Waals surface area contributed by atoms with Gasteiger partial charge in [0, 0.05) is 18.6 Å². The molecule has 0 bridgehead atoms. The first-order valence-corrected chi connectivity index (χ1v) is 6.02. The molecule has 0 aliphatic rings. The van der Waals surface area contributed by atoms with Crippen molar-refractivity contribution in [3.05, 3.63) is 23.7 Å². The molecule has 0 spiro atoms. The van der Waals surface area contributed by atoms with Gasteiger partial charge in [-0.2, -0.15) is 0 Å². The average molecular weight is 225 g/mol. The van der Waals surface area contributed by atoms with E-state index in [4.69, 9.17) is 4.42 Å². The van der Waals surface area contributed by atoms with Gasteiger partial charge in [0.15, 0.2) is 0 Å². The molecular weight excluding hydrogens is 202 g/mol. The quantitative estimate of drug-likeness (QED) is 0.749. The highest BCUT2D eigenvalue weighted by Gasteiger charge is 2.24. The summed E-state index contributed by atoms with van der Waals surface area (Å²) in [5, 5.41) is 12.8. The smallest absolute Gasteiger partial charge is 0.120 e. The Morgan fingerprint density at radius 2 is 2.06 bits per heavy atom. The zero-order chi connectivity index (χ0) is 12.0. The molecule has 1 heterocycles. The van der Waals surface area contributed by atoms with Crippen LogP contribution in [0.3, 0.4) is 0 Å². The van der Waals surface area contributed by atoms with Gasteiger partial charge in [0.2, 0.25) is 0 Å². The molecule has 0 radical (unpaired) electrons. The molecule has 0 aromatic carbocycles. The van der Waals surface area contributed by atoms with Crippen molar-refractivity contribution in [2.75, 3.05) is 13.2 Å². The van der Waals surface area contributed by atoms with Gasteiger partial charge in [-0.25, -0.2) is 0 Å². The van der Waals surface area contributed by atoms with Crippen molar-refractivity contribution < 1.29 is 9.52 Å². The molecule has 0 saturated carbocycles. The van der Waals surface area contributed by atoms with Crippen LogP contribution in [0.1, 0.15) is 38.0 Å². The maximum Gasteiger partial charge on any atom is 0.120 e. The zero-order valence-corrected chi connectivity index (χ0v) is 10.5. The predicted molar refractivity (Wildman–Crippen MR) is 65.3 cm³/mol. The Kier molecular flexibility index (Phi) is 5.03. The molecule has 16 heavy (non-hydrogen) atoms. The molecule has 0 aliphatic carbocycles. The third-order valence-corrected chi connectivity index (χ3v) is 3.59. The van der Waals surface area contributed by atoms with E-state index in [-0.39, 0.29) is 12.0 Å². The first-order valence-electron chi connectivity index (χ1n) is 6.02. The molecule has 0 atom stereocenters. The van der Waals surface area contributed by atoms with Crippen molar-refractivity contribution in [2.24, 2.45) is 5.41 Å². The normalized spacial score (nSPS) is 12.0. The fraction of sp³-hybridized carbons (Fsp3) is 0.692. The fourth-order valence-electron chi connectivity index (χ4n) is 1.81. The van der Waals surface area contributed by atoms with Crippen molar-refractivity contribution in [3.63, 3.8) is 0 Å². The zero-order valence-electron chi connectivity index (χ0n) is 10.5. The lowest BCUT2D eigenvalue weighted by Crippen LogP contribution is -2.36. The van der Waals surface area contributed by atoms with Crippen molar-refractivity contribution >= 4 is 0 Å². The Morgan fingerprint density at radius 1 is 1.38 bits per heavy atom. The molecule has 2 N–H and O–H groups in total. The molecule has 1 aromatic heterocycles. The number of aliphatic hydroxyl groups is 1. The van der Waals surface area contributed by atoms with Gasteiger partial charge in [0.1, 0.15) is 5.76 Å². The Labute approximate surface area is 97.9 Å². The van der Waals surface area contributed by atoms with Crippen LogP contribution in [0, 0.1) is 12.3 Å². The SMILES string of the molecule is CCC(CC)(CO)CNCc1occc1C. The Balaban J connectivity index is 2.42. The van der Waals surface area contributed by atoms with E-state index in [0.717, 1.165) is 31.7 Å². The summed E-state index contributed by atoms with van der Waals surface area (Å²) in [7, 11) is 0. The molecule has 1 aromatic rings. The van der Waals surface area contributed by atoms with Gasteiger partial charge in [-0.05, 0) is 31.4 Å². The van der Waals surface area contributed by atoms with Crippen LogP contribution in [0.15, 0.2) is 16.7 Å². The minimum atomic E-state index is 0.0144. The predicted octanol–water partition coefficient (Wildman–Crippen LogP) is 2.48. The van der Waals surface area contributed by atoms with Crippen molar-refractivity contribution in [3.8, 4) is 0 Å². The molecule has 1 rings (SSSR count). The van der Waals surface area contributed by atoms with Crippen LogP contribution in [0.5, 0.6) is 0 Å². The fourth-order valence-corrected chi connectivity index (χ4v) is 1.81. The van der Waals surface area contributed by atoms with Gasteiger partial charge < -0.3 is 14.8 Å². The van der Waals surface area contributed by atoms with Gasteiger partial charge in [0.05, 0.1) is 12.8 Å². The first-order chi connectivity index (χ1) is 7.67. The van der Waals surface area contributed by atoms with Crippen molar-refractivity contribution in [2.45, 2.75) is 40.2 Å². The van der Waals surface area contributed by atoms with E-state index < -0.39 is 0 Å². The Bertz CT molecular complexity index is 294. The standard InChI is InChI=1S/C13H23NO2/c1-4-13(5-2,10-15)9-14-8-12-11(3)6-7-16-12/h6-7,14-15H,4-5,8-10H2,1-3H3. The van der Waals surface area contributed by atoms with Gasteiger partial charge in [-0.3, -0.25) is 0 Å². The molecule has 92 valence electrons. The summed E-state index contributed by atoms with van der Waals surface area (Å²) in [5.74, 6) is 0.985. The van der Waals surface area contributed by atoms with Crippen LogP contribution in [0.4, 0.5) is 0 Å². The topological polar surface area (TPSA) is 45.4 Å². The summed E-state index contributed by atoms with van der Waals surface area (Å²) < 4.78 is 5.35. The minimum absolute atomic E-state index is 0.0144. The van der Waals surface area contributed by atoms with Crippen molar-refractivity contribution in [1.29, 1.82) is 0 Å². The van der Waals surface area contributed by atoms with Crippen LogP contribution in [-0.2, 0) is 6.54 Å². The number of nitrogens with one attached hydrogen (secondary N) is 1. The molecule has 0 aliphatic heterocycles. The maximum atomic E-state index is 9.42. The summed E-state index contributed by atoms with van der Waals surface area (Å²) in [4.78, 5) is 0. The molecule has 0 unspecified atom stereocenters. The second-order valence-electron chi connectivity index (χ2n) is 4.50. The summed E-state index contributed by atoms with van der Waals surface area (Å²) in [6.45, 7) is 8.10. The monoisotopic (exact) mass is 225 g/mol. The average Bonchev–Trinajstić information content (AvgIpc) is 2.71. The van der Waals surface area contributed by atoms with E-state index >= 15 is 0 Å². The summed E-state index contributed by atoms with van der Waals surface area (Å²) in [6, 6.07) is 1.97. The second kappa shape index (κ2) is 6.06. The molecular formula is C13H23NO2. The lowest BCUT2D eigenvalue weighted by atomic mass is 9.83. The van der Waals surface area contributed by atoms with Gasteiger partial charge >= 0.3 is 0 Å². The van der Waals surface area contributed by atoms with Crippen molar-refractivity contribution in [1.82, 2.24) is 5.32 Å². The molecule has 0 amide bonds. The molecule has 3 heteroatoms. The Morgan fingerprint density at radius 3 is 2.50 bits per heavy atom. The van der Waals surface area contributed by atoms with Gasteiger partial charge in [-0.15, -0.1) is 0 Å². The third kappa shape index (κ3) is 3.09. The van der Waals surface area contributed by atoms with Gasteiger partial charge in [0.25, 0.3) is 0 Å². The minimum Gasteiger partial charge on any atom is -0.468 e. The highest BCUT2D eigenvalue weighted by molar-refractivity contribution is 5.14. The van der Waals surface area contributed by atoms with E-state index in [1.54, 1.807) is 6.26 Å². The summed E-state index contributed by atoms with van der Waals surface area (Å²) in [5.41, 5.74) is 1.19. The largest absolute Gasteiger partial charge is 0.468 e. The second-order valence-corrected chi connectivity index (χ2v) is 4.50. The van der Waals surface area contributed by atoms with E-state index in [1.807, 2.05) is 13.0 Å². The number of aryl methyl sites for hydroxylation is 1.